The van der Waals surface area contributed by atoms with Gasteiger partial charge in [-0.05, 0) is 51.4 Å². The number of quaternary nitrogens is 1. The lowest BCUT2D eigenvalue weighted by molar-refractivity contribution is -0.870. The number of rotatable bonds is 67. The fourth-order valence-corrected chi connectivity index (χ4v) is 11.8. The van der Waals surface area contributed by atoms with E-state index in [0.717, 1.165) is 38.5 Å². The third-order valence-corrected chi connectivity index (χ3v) is 17.6. The van der Waals surface area contributed by atoms with Gasteiger partial charge in [-0.1, -0.05) is 346 Å². The highest BCUT2D eigenvalue weighted by molar-refractivity contribution is 7.47. The van der Waals surface area contributed by atoms with Crippen LogP contribution in [0, 0.1) is 0 Å². The molecule has 0 aromatic carbocycles. The van der Waals surface area contributed by atoms with Gasteiger partial charge in [-0.25, -0.2) is 4.57 Å². The van der Waals surface area contributed by atoms with Crippen molar-refractivity contribution in [2.24, 2.45) is 0 Å². The number of likely N-dealkylation sites (N-methyl/N-ethyl adjacent to an activating group) is 1. The van der Waals surface area contributed by atoms with Crippen LogP contribution in [0.3, 0.4) is 0 Å². The molecule has 0 heterocycles. The molecule has 3 unspecified atom stereocenters. The summed E-state index contributed by atoms with van der Waals surface area (Å²) in [6.45, 7) is 4.86. The van der Waals surface area contributed by atoms with Gasteiger partial charge in [0.2, 0.25) is 5.91 Å². The minimum absolute atomic E-state index is 0.0642. The van der Waals surface area contributed by atoms with Gasteiger partial charge in [-0.3, -0.25) is 13.8 Å². The molecule has 0 radical (unpaired) electrons. The standard InChI is InChI=1S/C72H141N2O6P/c1-6-8-10-12-14-16-18-20-22-24-26-27-28-29-30-31-32-33-34-35-36-37-38-39-40-41-42-43-44-45-46-47-48-50-52-54-56-58-60-62-64-66-72(76)73-70(69-80-81(77,78)79-68-67-74(3,4)5)71(75)65-63-61-59-57-55-53-51-49-25-23-21-19-17-15-13-11-9-7-2/h18,20,24,26,63,65,70-71,75H,6-17,19,21-23,25,27-62,64,66-69H2,1-5H3,(H-,73,76,77,78)/p+1/b20-18-,26-24-,65-63+. The first kappa shape index (κ1) is 79.7. The van der Waals surface area contributed by atoms with Crippen LogP contribution in [0.4, 0.5) is 0 Å². The first-order valence-electron chi connectivity index (χ1n) is 35.9. The number of amides is 1. The molecule has 81 heavy (non-hydrogen) atoms. The van der Waals surface area contributed by atoms with Crippen LogP contribution in [0.25, 0.3) is 0 Å². The number of carbonyl (C=O) groups excluding carboxylic acids is 1. The number of hydrogen-bond acceptors (Lipinski definition) is 5. The van der Waals surface area contributed by atoms with E-state index < -0.39 is 20.0 Å². The van der Waals surface area contributed by atoms with Gasteiger partial charge in [0, 0.05) is 6.42 Å². The zero-order chi connectivity index (χ0) is 59.1. The maximum Gasteiger partial charge on any atom is 0.472 e. The van der Waals surface area contributed by atoms with Crippen LogP contribution in [0.5, 0.6) is 0 Å². The number of phosphoric ester groups is 1. The molecule has 3 atom stereocenters. The summed E-state index contributed by atoms with van der Waals surface area (Å²) in [6.07, 6.45) is 84.5. The number of phosphoric acid groups is 1. The van der Waals surface area contributed by atoms with Crippen molar-refractivity contribution < 1.29 is 32.9 Å². The van der Waals surface area contributed by atoms with E-state index in [9.17, 15) is 19.4 Å². The van der Waals surface area contributed by atoms with Crippen molar-refractivity contribution >= 4 is 13.7 Å². The van der Waals surface area contributed by atoms with Crippen LogP contribution in [0.1, 0.15) is 367 Å². The van der Waals surface area contributed by atoms with Crippen LogP contribution in [-0.4, -0.2) is 73.4 Å². The van der Waals surface area contributed by atoms with Gasteiger partial charge in [0.25, 0.3) is 0 Å². The molecule has 3 N–H and O–H groups in total. The third kappa shape index (κ3) is 66.1. The van der Waals surface area contributed by atoms with Crippen molar-refractivity contribution in [3.8, 4) is 0 Å². The summed E-state index contributed by atoms with van der Waals surface area (Å²) in [6, 6.07) is -0.844. The molecule has 0 aromatic rings. The molecule has 0 aliphatic carbocycles. The van der Waals surface area contributed by atoms with Crippen LogP contribution in [0.15, 0.2) is 36.5 Å². The Labute approximate surface area is 506 Å². The number of nitrogens with one attached hydrogen (secondary N) is 1. The summed E-state index contributed by atoms with van der Waals surface area (Å²) in [5, 5.41) is 14.0. The van der Waals surface area contributed by atoms with E-state index in [4.69, 9.17) is 9.05 Å². The largest absolute Gasteiger partial charge is 0.472 e. The smallest absolute Gasteiger partial charge is 0.387 e. The lowest BCUT2D eigenvalue weighted by atomic mass is 10.0. The molecule has 0 aliphatic heterocycles. The molecule has 0 saturated heterocycles. The van der Waals surface area contributed by atoms with Crippen molar-refractivity contribution in [1.82, 2.24) is 5.32 Å². The highest BCUT2D eigenvalue weighted by Crippen LogP contribution is 2.43. The van der Waals surface area contributed by atoms with Crippen molar-refractivity contribution in [2.45, 2.75) is 379 Å². The first-order chi connectivity index (χ1) is 39.5. The minimum atomic E-state index is -4.35. The zero-order valence-corrected chi connectivity index (χ0v) is 55.9. The van der Waals surface area contributed by atoms with Crippen molar-refractivity contribution in [2.75, 3.05) is 40.9 Å². The van der Waals surface area contributed by atoms with Crippen LogP contribution < -0.4 is 5.32 Å². The molecular weight excluding hydrogens is 1020 g/mol. The van der Waals surface area contributed by atoms with E-state index in [2.05, 4.69) is 43.5 Å². The molecular formula is C72H142N2O6P+. The molecule has 0 aromatic heterocycles. The van der Waals surface area contributed by atoms with E-state index in [-0.39, 0.29) is 19.1 Å². The molecule has 1 amide bonds. The summed E-state index contributed by atoms with van der Waals surface area (Å²) in [4.78, 5) is 23.4. The van der Waals surface area contributed by atoms with Gasteiger partial charge in [-0.15, -0.1) is 0 Å². The maximum absolute atomic E-state index is 13.0. The van der Waals surface area contributed by atoms with E-state index in [1.54, 1.807) is 6.08 Å². The Morgan fingerprint density at radius 1 is 0.420 bits per heavy atom. The molecule has 0 bridgehead atoms. The SMILES string of the molecule is CCCCCCC/C=C\C/C=C\CCCCCCCCCCCCCCCCCCCCCCCCCCCCCCCC(=O)NC(COP(=O)(O)OCC[N+](C)(C)C)C(O)/C=C/CCCCCCCCCCCCCCCCCC. The second-order valence-electron chi connectivity index (χ2n) is 26.0. The van der Waals surface area contributed by atoms with Crippen molar-refractivity contribution in [1.29, 1.82) is 0 Å². The summed E-state index contributed by atoms with van der Waals surface area (Å²) in [7, 11) is 1.59. The van der Waals surface area contributed by atoms with E-state index in [1.165, 1.54) is 308 Å². The average Bonchev–Trinajstić information content (AvgIpc) is 3.43. The second kappa shape index (κ2) is 63.2. The number of aliphatic hydroxyl groups is 1. The van der Waals surface area contributed by atoms with Crippen LogP contribution in [-0.2, 0) is 18.4 Å². The van der Waals surface area contributed by atoms with Gasteiger partial charge in [0.15, 0.2) is 0 Å². The molecule has 0 fully saturated rings. The Kier molecular flexibility index (Phi) is 62.2. The van der Waals surface area contributed by atoms with Gasteiger partial charge in [-0.2, -0.15) is 0 Å². The Bertz CT molecular complexity index is 1410. The van der Waals surface area contributed by atoms with Crippen LogP contribution in [0.2, 0.25) is 0 Å². The van der Waals surface area contributed by atoms with Gasteiger partial charge < -0.3 is 19.8 Å². The number of unbranched alkanes of at least 4 members (excludes halogenated alkanes) is 50. The summed E-state index contributed by atoms with van der Waals surface area (Å²) in [5.74, 6) is -0.169. The Morgan fingerprint density at radius 2 is 0.704 bits per heavy atom. The predicted molar refractivity (Wildman–Crippen MR) is 355 cm³/mol. The zero-order valence-electron chi connectivity index (χ0n) is 55.1. The van der Waals surface area contributed by atoms with E-state index in [0.29, 0.717) is 17.4 Å². The fraction of sp³-hybridized carbons (Fsp3) is 0.903. The van der Waals surface area contributed by atoms with Gasteiger partial charge >= 0.3 is 7.82 Å². The summed E-state index contributed by atoms with van der Waals surface area (Å²) < 4.78 is 23.8. The second-order valence-corrected chi connectivity index (χ2v) is 27.4. The molecule has 480 valence electrons. The number of nitrogens with zero attached hydrogens (tertiary/aromatic N) is 1. The molecule has 0 rings (SSSR count). The first-order valence-corrected chi connectivity index (χ1v) is 37.4. The van der Waals surface area contributed by atoms with Gasteiger partial charge in [0.05, 0.1) is 39.9 Å². The Morgan fingerprint density at radius 3 is 1.01 bits per heavy atom. The highest BCUT2D eigenvalue weighted by Gasteiger charge is 2.28. The molecule has 9 heteroatoms. The van der Waals surface area contributed by atoms with Gasteiger partial charge in [0.1, 0.15) is 13.2 Å². The normalized spacial score (nSPS) is 13.8. The number of allylic oxidation sites excluding steroid dienone is 5. The number of aliphatic hydroxyl groups excluding tert-OH is 1. The Hall–Kier alpha value is -1.28. The Balaban J connectivity index is 3.87. The fourth-order valence-electron chi connectivity index (χ4n) is 11.0. The lowest BCUT2D eigenvalue weighted by Gasteiger charge is -2.25. The number of hydrogen-bond donors (Lipinski definition) is 3. The predicted octanol–water partition coefficient (Wildman–Crippen LogP) is 22.8. The third-order valence-electron chi connectivity index (χ3n) is 16.6. The van der Waals surface area contributed by atoms with Crippen molar-refractivity contribution in [3.05, 3.63) is 36.5 Å². The molecule has 0 aliphatic rings. The highest BCUT2D eigenvalue weighted by atomic mass is 31.2. The monoisotopic (exact) mass is 1160 g/mol. The van der Waals surface area contributed by atoms with Crippen LogP contribution >= 0.6 is 7.82 Å². The van der Waals surface area contributed by atoms with E-state index >= 15 is 0 Å². The van der Waals surface area contributed by atoms with Crippen molar-refractivity contribution in [3.63, 3.8) is 0 Å². The minimum Gasteiger partial charge on any atom is -0.387 e. The topological polar surface area (TPSA) is 105 Å². The average molecular weight is 1160 g/mol. The molecule has 8 nitrogen and oxygen atoms in total. The maximum atomic E-state index is 13.0. The number of carbonyl (C=O) groups is 1. The van der Waals surface area contributed by atoms with E-state index in [1.807, 2.05) is 27.2 Å². The lowest BCUT2D eigenvalue weighted by Crippen LogP contribution is -2.45. The molecule has 0 spiro atoms. The quantitative estimate of drug-likeness (QED) is 0.0243. The summed E-state index contributed by atoms with van der Waals surface area (Å²) >= 11 is 0. The molecule has 0 saturated carbocycles. The summed E-state index contributed by atoms with van der Waals surface area (Å²) in [5.41, 5.74) is 0.